The van der Waals surface area contributed by atoms with Crippen molar-refractivity contribution in [3.8, 4) is 11.5 Å². The highest BCUT2D eigenvalue weighted by Gasteiger charge is 2.20. The quantitative estimate of drug-likeness (QED) is 0.208. The second-order valence-electron chi connectivity index (χ2n) is 11.5. The van der Waals surface area contributed by atoms with Crippen molar-refractivity contribution in [1.82, 2.24) is 18.7 Å². The van der Waals surface area contributed by atoms with Crippen LogP contribution in [0.2, 0.25) is 0 Å². The molecular weight excluding hydrogens is 556 g/mol. The molecule has 214 valence electrons. The minimum atomic E-state index is -2.25. The number of aromatic nitrogens is 3. The summed E-state index contributed by atoms with van der Waals surface area (Å²) in [6.45, 7) is -2.12. The van der Waals surface area contributed by atoms with Gasteiger partial charge in [-0.1, -0.05) is 60.7 Å². The number of hydrazone groups is 1. The van der Waals surface area contributed by atoms with Crippen molar-refractivity contribution >= 4 is 77.6 Å². The van der Waals surface area contributed by atoms with Crippen LogP contribution in [0.5, 0.6) is 11.5 Å². The van der Waals surface area contributed by atoms with Crippen LogP contribution in [0.15, 0.2) is 127 Å². The maximum Gasteiger partial charge on any atom is 0.162 e. The van der Waals surface area contributed by atoms with Crippen molar-refractivity contribution in [1.29, 1.82) is 0 Å². The monoisotopic (exact) mass is 585 g/mol. The lowest BCUT2D eigenvalue weighted by molar-refractivity contribution is 0.482. The second kappa shape index (κ2) is 8.97. The third-order valence-electron chi connectivity index (χ3n) is 8.93. The average molecular weight is 586 g/mol. The molecule has 45 heavy (non-hydrogen) atoms. The van der Waals surface area contributed by atoms with E-state index in [1.807, 2.05) is 42.6 Å². The first-order chi connectivity index (χ1) is 23.4. The number of rotatable bonds is 3. The van der Waals surface area contributed by atoms with E-state index in [1.165, 1.54) is 32.9 Å². The zero-order valence-corrected chi connectivity index (χ0v) is 23.9. The number of para-hydroxylation sites is 3. The number of hydrogen-bond acceptors (Lipinski definition) is 5. The summed E-state index contributed by atoms with van der Waals surface area (Å²) in [5.41, 5.74) is 6.96. The summed E-state index contributed by atoms with van der Waals surface area (Å²) in [4.78, 5) is 6.27. The first-order valence-corrected chi connectivity index (χ1v) is 14.9. The van der Waals surface area contributed by atoms with Crippen LogP contribution in [0.4, 0.5) is 5.69 Å². The maximum absolute atomic E-state index is 7.70. The highest BCUT2D eigenvalue weighted by atomic mass is 16.5. The Labute approximate surface area is 261 Å². The van der Waals surface area contributed by atoms with Crippen molar-refractivity contribution in [2.75, 3.05) is 18.7 Å². The highest BCUT2D eigenvalue weighted by Crippen LogP contribution is 2.41. The molecule has 0 radical (unpaired) electrons. The van der Waals surface area contributed by atoms with E-state index in [0.717, 1.165) is 49.6 Å². The van der Waals surface area contributed by atoms with E-state index in [9.17, 15) is 0 Å². The van der Waals surface area contributed by atoms with E-state index in [1.54, 1.807) is 5.01 Å². The molecule has 7 nitrogen and oxygen atoms in total. The van der Waals surface area contributed by atoms with Gasteiger partial charge in [-0.2, -0.15) is 5.10 Å². The topological polar surface area (TPSA) is 49.8 Å². The maximum atomic E-state index is 7.70. The molecule has 0 spiro atoms. The van der Waals surface area contributed by atoms with Gasteiger partial charge < -0.3 is 14.0 Å². The van der Waals surface area contributed by atoms with E-state index in [2.05, 4.69) is 92.8 Å². The Morgan fingerprint density at radius 1 is 0.622 bits per heavy atom. The third-order valence-corrected chi connectivity index (χ3v) is 8.93. The SMILES string of the molecule is [2H]C([2H])([2H])N1C=NN(c2cccc(Oc3ccc4c5cccc6c7cccc8c9ccccc9n(c9cccnc9n(c4c3)c56)c87)c2)C1. The number of ether oxygens (including phenoxy) is 1. The van der Waals surface area contributed by atoms with E-state index in [-0.39, 0.29) is 6.67 Å². The molecule has 0 bridgehead atoms. The summed E-state index contributed by atoms with van der Waals surface area (Å²) in [6, 6.07) is 39.5. The molecule has 0 saturated carbocycles. The Kier molecular flexibility index (Phi) is 4.30. The lowest BCUT2D eigenvalue weighted by Gasteiger charge is -2.16. The summed E-state index contributed by atoms with van der Waals surface area (Å²) in [5.74, 6) is 1.29. The van der Waals surface area contributed by atoms with Gasteiger partial charge in [0.1, 0.15) is 24.5 Å². The van der Waals surface area contributed by atoms with E-state index in [4.69, 9.17) is 13.8 Å². The summed E-state index contributed by atoms with van der Waals surface area (Å²) in [5, 5.41) is 12.9. The number of benzene rings is 5. The summed E-state index contributed by atoms with van der Waals surface area (Å²) < 4.78 is 34.2. The van der Waals surface area contributed by atoms with E-state index < -0.39 is 6.98 Å². The molecule has 7 heteroatoms. The number of anilines is 1. The molecule has 1 aliphatic rings. The van der Waals surface area contributed by atoms with E-state index >= 15 is 0 Å². The summed E-state index contributed by atoms with van der Waals surface area (Å²) in [7, 11) is 0. The minimum Gasteiger partial charge on any atom is -0.457 e. The molecule has 5 aromatic carbocycles. The van der Waals surface area contributed by atoms with Gasteiger partial charge in [-0.25, -0.2) is 9.99 Å². The molecule has 9 aromatic rings. The molecule has 5 heterocycles. The minimum absolute atomic E-state index is 0.132. The zero-order chi connectivity index (χ0) is 32.1. The molecule has 0 saturated heterocycles. The van der Waals surface area contributed by atoms with Crippen LogP contribution < -0.4 is 9.75 Å². The predicted octanol–water partition coefficient (Wildman–Crippen LogP) is 8.80. The van der Waals surface area contributed by atoms with Gasteiger partial charge >= 0.3 is 0 Å². The van der Waals surface area contributed by atoms with Crippen molar-refractivity contribution in [3.05, 3.63) is 121 Å². The lowest BCUT2D eigenvalue weighted by Crippen LogP contribution is -2.22. The van der Waals surface area contributed by atoms with Gasteiger partial charge in [0, 0.05) is 61.7 Å². The fraction of sp³-hybridized carbons (Fsp3) is 0.0526. The molecule has 10 rings (SSSR count). The Morgan fingerprint density at radius 2 is 1.31 bits per heavy atom. The standard InChI is InChI=1S/C38H26N6O/c1-41-22-40-42(23-41)24-8-4-9-25(20-24)45-26-17-18-28-30-12-6-14-32-31-13-5-11-29-27-10-2-3-15-33(27)43(36(29)31)34-16-7-19-39-38(34)44(37(30)32)35(28)21-26/h2-22H,23H2,1H3/i1D3. The molecule has 0 fully saturated rings. The first kappa shape index (κ1) is 21.6. The fourth-order valence-corrected chi connectivity index (χ4v) is 7.10. The molecule has 0 unspecified atom stereocenters. The number of nitrogens with zero attached hydrogens (tertiary/aromatic N) is 6. The van der Waals surface area contributed by atoms with Crippen molar-refractivity contribution in [2.24, 2.45) is 5.10 Å². The van der Waals surface area contributed by atoms with Gasteiger partial charge in [-0.3, -0.25) is 4.40 Å². The van der Waals surface area contributed by atoms with Crippen LogP contribution in [-0.4, -0.2) is 38.7 Å². The molecule has 0 amide bonds. The van der Waals surface area contributed by atoms with Crippen LogP contribution in [0.25, 0.3) is 65.5 Å². The number of pyridine rings is 1. The smallest absolute Gasteiger partial charge is 0.162 e. The van der Waals surface area contributed by atoms with Crippen LogP contribution in [0.3, 0.4) is 0 Å². The van der Waals surface area contributed by atoms with Gasteiger partial charge in [-0.15, -0.1) is 0 Å². The average Bonchev–Trinajstić information content (AvgIpc) is 3.81. The molecule has 4 aromatic heterocycles. The number of hydrogen-bond donors (Lipinski definition) is 0. The molecule has 0 aliphatic carbocycles. The second-order valence-corrected chi connectivity index (χ2v) is 11.5. The Hall–Kier alpha value is -6.08. The van der Waals surface area contributed by atoms with Crippen molar-refractivity contribution < 1.29 is 8.85 Å². The largest absolute Gasteiger partial charge is 0.457 e. The van der Waals surface area contributed by atoms with Crippen LogP contribution >= 0.6 is 0 Å². The number of fused-ring (bicyclic) bond motifs is 10. The Bertz CT molecular complexity index is 2820. The molecule has 1 aliphatic heterocycles. The molecule has 0 atom stereocenters. The molecular formula is C38H26N6O. The van der Waals surface area contributed by atoms with Gasteiger partial charge in [0.15, 0.2) is 5.65 Å². The fourth-order valence-electron chi connectivity index (χ4n) is 7.10. The highest BCUT2D eigenvalue weighted by molar-refractivity contribution is 6.25. The Balaban J connectivity index is 1.22. The van der Waals surface area contributed by atoms with Crippen molar-refractivity contribution in [2.45, 2.75) is 0 Å². The van der Waals surface area contributed by atoms with Crippen LogP contribution in [0.1, 0.15) is 4.11 Å². The zero-order valence-electron chi connectivity index (χ0n) is 26.9. The van der Waals surface area contributed by atoms with Gasteiger partial charge in [0.05, 0.1) is 33.3 Å². The normalized spacial score (nSPS) is 14.9. The summed E-state index contributed by atoms with van der Waals surface area (Å²) >= 11 is 0. The van der Waals surface area contributed by atoms with Gasteiger partial charge in [0.25, 0.3) is 0 Å². The van der Waals surface area contributed by atoms with Crippen LogP contribution in [0, 0.1) is 0 Å². The molecule has 0 N–H and O–H groups in total. The summed E-state index contributed by atoms with van der Waals surface area (Å²) in [6.07, 6.45) is 3.21. The lowest BCUT2D eigenvalue weighted by atomic mass is 10.0. The first-order valence-electron chi connectivity index (χ1n) is 16.4. The third kappa shape index (κ3) is 3.40. The van der Waals surface area contributed by atoms with Gasteiger partial charge in [-0.05, 0) is 42.5 Å². The van der Waals surface area contributed by atoms with Crippen LogP contribution in [-0.2, 0) is 0 Å². The Morgan fingerprint density at radius 3 is 2.13 bits per heavy atom. The van der Waals surface area contributed by atoms with E-state index in [0.29, 0.717) is 11.5 Å². The van der Waals surface area contributed by atoms with Gasteiger partial charge in [0.2, 0.25) is 0 Å². The van der Waals surface area contributed by atoms with Crippen molar-refractivity contribution in [3.63, 3.8) is 0 Å². The predicted molar refractivity (Wildman–Crippen MR) is 184 cm³/mol.